The number of rotatable bonds is 3. The van der Waals surface area contributed by atoms with Crippen LogP contribution in [0.4, 0.5) is 0 Å². The Morgan fingerprint density at radius 3 is 2.11 bits per heavy atom. The molecule has 0 aromatic rings. The second-order valence-electron chi connectivity index (χ2n) is 1.58. The minimum absolute atomic E-state index is 0. The Labute approximate surface area is 61.1 Å². The van der Waals surface area contributed by atoms with Gasteiger partial charge in [0.2, 0.25) is 0 Å². The molecule has 0 rings (SSSR count). The van der Waals surface area contributed by atoms with Crippen molar-refractivity contribution >= 4 is 22.2 Å². The normalized spacial score (nSPS) is 10.4. The molecule has 9 heavy (non-hydrogen) atoms. The lowest BCUT2D eigenvalue weighted by Crippen LogP contribution is -2.28. The Balaban J connectivity index is 0. The van der Waals surface area contributed by atoms with Gasteiger partial charge in [0.1, 0.15) is 9.84 Å². The number of hydrogen-bond donors (Lipinski definition) is 2. The van der Waals surface area contributed by atoms with Crippen molar-refractivity contribution < 1.29 is 8.42 Å². The molecule has 0 aromatic heterocycles. The molecule has 0 radical (unpaired) electrons. The minimum Gasteiger partial charge on any atom is -0.271 e. The van der Waals surface area contributed by atoms with Gasteiger partial charge in [0.05, 0.1) is 5.75 Å². The fraction of sp³-hybridized carbons (Fsp3) is 1.00. The second-order valence-corrected chi connectivity index (χ2v) is 3.84. The van der Waals surface area contributed by atoms with Gasteiger partial charge in [0.25, 0.3) is 0 Å². The van der Waals surface area contributed by atoms with E-state index < -0.39 is 9.84 Å². The van der Waals surface area contributed by atoms with Crippen LogP contribution in [0.2, 0.25) is 0 Å². The molecular weight excluding hydrogens is 164 g/mol. The molecule has 0 atom stereocenters. The summed E-state index contributed by atoms with van der Waals surface area (Å²) in [4.78, 5) is 0. The van der Waals surface area contributed by atoms with E-state index in [-0.39, 0.29) is 18.2 Å². The summed E-state index contributed by atoms with van der Waals surface area (Å²) in [5, 5.41) is 0. The minimum atomic E-state index is -2.83. The molecule has 0 aliphatic carbocycles. The predicted molar refractivity (Wildman–Crippen MR) is 39.1 cm³/mol. The summed E-state index contributed by atoms with van der Waals surface area (Å²) in [5.74, 6) is 4.92. The third kappa shape index (κ3) is 11.6. The van der Waals surface area contributed by atoms with Gasteiger partial charge in [-0.15, -0.1) is 12.4 Å². The Kier molecular flexibility index (Phi) is 6.59. The van der Waals surface area contributed by atoms with Crippen molar-refractivity contribution in [3.05, 3.63) is 0 Å². The van der Waals surface area contributed by atoms with Gasteiger partial charge in [-0.2, -0.15) is 0 Å². The fourth-order valence-corrected chi connectivity index (χ4v) is 0.733. The van der Waals surface area contributed by atoms with Gasteiger partial charge in [0, 0.05) is 12.8 Å². The molecule has 0 saturated heterocycles. The van der Waals surface area contributed by atoms with Crippen LogP contribution in [0, 0.1) is 0 Å². The molecule has 0 unspecified atom stereocenters. The first-order valence-corrected chi connectivity index (χ1v) is 4.23. The summed E-state index contributed by atoms with van der Waals surface area (Å²) >= 11 is 0. The molecule has 0 heterocycles. The quantitative estimate of drug-likeness (QED) is 0.422. The molecule has 4 nitrogen and oxygen atoms in total. The molecule has 0 fully saturated rings. The molecule has 0 spiro atoms. The van der Waals surface area contributed by atoms with E-state index in [9.17, 15) is 8.42 Å². The number of halogens is 1. The van der Waals surface area contributed by atoms with Gasteiger partial charge in [-0.1, -0.05) is 0 Å². The Bertz CT molecular complexity index is 144. The zero-order valence-electron chi connectivity index (χ0n) is 5.12. The molecule has 6 heteroatoms. The average Bonchev–Trinajstić information content (AvgIpc) is 1.59. The van der Waals surface area contributed by atoms with Crippen LogP contribution >= 0.6 is 12.4 Å². The molecule has 0 bridgehead atoms. The maximum absolute atomic E-state index is 10.3. The van der Waals surface area contributed by atoms with E-state index in [2.05, 4.69) is 5.43 Å². The van der Waals surface area contributed by atoms with E-state index in [1.54, 1.807) is 0 Å². The van der Waals surface area contributed by atoms with Gasteiger partial charge in [0.15, 0.2) is 0 Å². The van der Waals surface area contributed by atoms with Crippen molar-refractivity contribution in [3.63, 3.8) is 0 Å². The number of nitrogens with two attached hydrogens (primary N) is 1. The Hall–Kier alpha value is 0.160. The zero-order chi connectivity index (χ0) is 6.62. The highest BCUT2D eigenvalue weighted by Gasteiger charge is 1.97. The van der Waals surface area contributed by atoms with Gasteiger partial charge in [-0.25, -0.2) is 8.42 Å². The molecule has 0 aliphatic heterocycles. The molecule has 0 saturated carbocycles. The molecule has 0 amide bonds. The third-order valence-electron chi connectivity index (χ3n) is 0.617. The number of hydrogen-bond acceptors (Lipinski definition) is 4. The summed E-state index contributed by atoms with van der Waals surface area (Å²) in [6.45, 7) is 0.318. The highest BCUT2D eigenvalue weighted by atomic mass is 35.5. The smallest absolute Gasteiger partial charge is 0.148 e. The SMILES string of the molecule is CS(=O)(=O)CCNN.Cl. The summed E-state index contributed by atoms with van der Waals surface area (Å²) in [6.07, 6.45) is 1.17. The van der Waals surface area contributed by atoms with Crippen LogP contribution < -0.4 is 11.3 Å². The maximum Gasteiger partial charge on any atom is 0.148 e. The highest BCUT2D eigenvalue weighted by molar-refractivity contribution is 7.90. The van der Waals surface area contributed by atoms with Crippen molar-refractivity contribution in [3.8, 4) is 0 Å². The average molecular weight is 175 g/mol. The van der Waals surface area contributed by atoms with Crippen LogP contribution in [0.1, 0.15) is 0 Å². The summed E-state index contributed by atoms with van der Waals surface area (Å²) in [5.41, 5.74) is 2.25. The standard InChI is InChI=1S/C3H10N2O2S.ClH/c1-8(6,7)3-2-5-4;/h5H,2-4H2,1H3;1H. The number of hydrazine groups is 1. The maximum atomic E-state index is 10.3. The Morgan fingerprint density at radius 2 is 2.00 bits per heavy atom. The lowest BCUT2D eigenvalue weighted by molar-refractivity contribution is 0.598. The second kappa shape index (κ2) is 4.99. The van der Waals surface area contributed by atoms with E-state index in [1.807, 2.05) is 0 Å². The third-order valence-corrected chi connectivity index (χ3v) is 1.56. The number of nitrogens with one attached hydrogen (secondary N) is 1. The van der Waals surface area contributed by atoms with Crippen molar-refractivity contribution in [1.29, 1.82) is 0 Å². The zero-order valence-corrected chi connectivity index (χ0v) is 6.76. The fourth-order valence-electron chi connectivity index (χ4n) is 0.244. The van der Waals surface area contributed by atoms with E-state index >= 15 is 0 Å². The summed E-state index contributed by atoms with van der Waals surface area (Å²) in [7, 11) is -2.83. The molecule has 0 aromatic carbocycles. The molecule has 3 N–H and O–H groups in total. The predicted octanol–water partition coefficient (Wildman–Crippen LogP) is -1.08. The van der Waals surface area contributed by atoms with Gasteiger partial charge >= 0.3 is 0 Å². The Morgan fingerprint density at radius 1 is 1.56 bits per heavy atom. The van der Waals surface area contributed by atoms with Crippen molar-refractivity contribution in [2.24, 2.45) is 5.84 Å². The highest BCUT2D eigenvalue weighted by Crippen LogP contribution is 1.76. The van der Waals surface area contributed by atoms with E-state index in [4.69, 9.17) is 5.84 Å². The lowest BCUT2D eigenvalue weighted by atomic mass is 10.8. The first kappa shape index (κ1) is 11.9. The van der Waals surface area contributed by atoms with E-state index in [0.717, 1.165) is 0 Å². The van der Waals surface area contributed by atoms with E-state index in [1.165, 1.54) is 6.26 Å². The topological polar surface area (TPSA) is 72.2 Å². The number of sulfone groups is 1. The van der Waals surface area contributed by atoms with E-state index in [0.29, 0.717) is 6.54 Å². The monoisotopic (exact) mass is 174 g/mol. The van der Waals surface area contributed by atoms with Crippen LogP contribution in [0.5, 0.6) is 0 Å². The first-order valence-electron chi connectivity index (χ1n) is 2.17. The van der Waals surface area contributed by atoms with Crippen LogP contribution in [0.25, 0.3) is 0 Å². The van der Waals surface area contributed by atoms with Crippen LogP contribution in [0.15, 0.2) is 0 Å². The lowest BCUT2D eigenvalue weighted by Gasteiger charge is -1.93. The summed E-state index contributed by atoms with van der Waals surface area (Å²) in [6, 6.07) is 0. The van der Waals surface area contributed by atoms with Crippen LogP contribution in [-0.2, 0) is 9.84 Å². The van der Waals surface area contributed by atoms with Crippen molar-refractivity contribution in [2.75, 3.05) is 18.6 Å². The van der Waals surface area contributed by atoms with Crippen molar-refractivity contribution in [2.45, 2.75) is 0 Å². The van der Waals surface area contributed by atoms with Crippen LogP contribution in [-0.4, -0.2) is 27.0 Å². The van der Waals surface area contributed by atoms with Crippen LogP contribution in [0.3, 0.4) is 0 Å². The van der Waals surface area contributed by atoms with Gasteiger partial charge < -0.3 is 0 Å². The van der Waals surface area contributed by atoms with Gasteiger partial charge in [-0.05, 0) is 0 Å². The first-order chi connectivity index (χ1) is 3.56. The largest absolute Gasteiger partial charge is 0.271 e. The molecular formula is C3H11ClN2O2S. The molecule has 0 aliphatic rings. The summed E-state index contributed by atoms with van der Waals surface area (Å²) < 4.78 is 20.6. The van der Waals surface area contributed by atoms with Gasteiger partial charge in [-0.3, -0.25) is 11.3 Å². The molecule has 58 valence electrons. The van der Waals surface area contributed by atoms with Crippen molar-refractivity contribution in [1.82, 2.24) is 5.43 Å².